The third-order valence-electron chi connectivity index (χ3n) is 4.68. The van der Waals surface area contributed by atoms with E-state index in [2.05, 4.69) is 16.0 Å². The largest absolute Gasteiger partial charge is 0.494 e. The number of carbonyl (C=O) groups excluding carboxylic acids is 3. The van der Waals surface area contributed by atoms with Crippen LogP contribution in [0.5, 0.6) is 5.75 Å². The van der Waals surface area contributed by atoms with Crippen molar-refractivity contribution in [1.82, 2.24) is 10.6 Å². The minimum Gasteiger partial charge on any atom is -0.494 e. The lowest BCUT2D eigenvalue weighted by Gasteiger charge is -2.15. The summed E-state index contributed by atoms with van der Waals surface area (Å²) in [5.41, 5.74) is 0.274. The summed E-state index contributed by atoms with van der Waals surface area (Å²) in [6, 6.07) is 2.74. The number of hydrogen-bond donors (Lipinski definition) is 3. The predicted octanol–water partition coefficient (Wildman–Crippen LogP) is 3.32. The van der Waals surface area contributed by atoms with Crippen molar-refractivity contribution in [2.45, 2.75) is 25.3 Å². The van der Waals surface area contributed by atoms with Crippen LogP contribution in [-0.2, 0) is 9.53 Å². The number of furan rings is 1. The van der Waals surface area contributed by atoms with Gasteiger partial charge in [-0.1, -0.05) is 11.6 Å². The number of ether oxygens (including phenoxy) is 2. The maximum Gasteiger partial charge on any atom is 0.376 e. The lowest BCUT2D eigenvalue weighted by atomic mass is 10.1. The highest BCUT2D eigenvalue weighted by atomic mass is 35.5. The van der Waals surface area contributed by atoms with Crippen molar-refractivity contribution in [1.29, 1.82) is 0 Å². The normalized spacial score (nSPS) is 16.1. The molecule has 1 fully saturated rings. The standard InChI is InChI=1S/C20H21ClFN3O6/c1-29-16-7-11(12(21)8-13(16)22)15-9-14(18(31-15)19(27)30-2)25-20(28)24-10-4-3-5-23-17(26)6-10/h7-10H,3-6H2,1-2H3,(H,23,26)(H2,24,25,28)/t10-/m1/s1. The highest BCUT2D eigenvalue weighted by Gasteiger charge is 2.25. The van der Waals surface area contributed by atoms with Crippen molar-refractivity contribution >= 4 is 35.2 Å². The summed E-state index contributed by atoms with van der Waals surface area (Å²) in [5.74, 6) is -1.90. The molecule has 0 bridgehead atoms. The van der Waals surface area contributed by atoms with Crippen LogP contribution < -0.4 is 20.7 Å². The molecule has 3 rings (SSSR count). The summed E-state index contributed by atoms with van der Waals surface area (Å²) < 4.78 is 29.1. The Hall–Kier alpha value is -3.27. The summed E-state index contributed by atoms with van der Waals surface area (Å²) in [6.45, 7) is 0.554. The summed E-state index contributed by atoms with van der Waals surface area (Å²) in [4.78, 5) is 36.3. The maximum atomic E-state index is 13.9. The molecule has 1 aromatic heterocycles. The Morgan fingerprint density at radius 3 is 2.77 bits per heavy atom. The van der Waals surface area contributed by atoms with E-state index in [1.165, 1.54) is 19.2 Å². The van der Waals surface area contributed by atoms with Crippen LogP contribution in [-0.4, -0.2) is 44.7 Å². The maximum absolute atomic E-state index is 13.9. The van der Waals surface area contributed by atoms with Crippen LogP contribution in [0.3, 0.4) is 0 Å². The summed E-state index contributed by atoms with van der Waals surface area (Å²) in [5, 5.41) is 7.99. The van der Waals surface area contributed by atoms with Gasteiger partial charge in [-0.2, -0.15) is 0 Å². The molecule has 0 saturated carbocycles. The number of carbonyl (C=O) groups is 3. The molecule has 0 radical (unpaired) electrons. The van der Waals surface area contributed by atoms with Gasteiger partial charge in [-0.15, -0.1) is 0 Å². The summed E-state index contributed by atoms with van der Waals surface area (Å²) in [6.07, 6.45) is 1.50. The van der Waals surface area contributed by atoms with Gasteiger partial charge in [0.15, 0.2) is 11.6 Å². The van der Waals surface area contributed by atoms with Crippen LogP contribution in [0.4, 0.5) is 14.9 Å². The second-order valence-electron chi connectivity index (χ2n) is 6.80. The number of benzene rings is 1. The first-order valence-corrected chi connectivity index (χ1v) is 9.80. The number of rotatable bonds is 5. The number of esters is 1. The lowest BCUT2D eigenvalue weighted by molar-refractivity contribution is -0.121. The van der Waals surface area contributed by atoms with Crippen molar-refractivity contribution < 1.29 is 32.7 Å². The molecule has 1 aliphatic rings. The van der Waals surface area contributed by atoms with E-state index in [0.29, 0.717) is 13.0 Å². The molecule has 0 aliphatic carbocycles. The molecule has 9 nitrogen and oxygen atoms in total. The Kier molecular flexibility index (Phi) is 7.01. The van der Waals surface area contributed by atoms with Crippen LogP contribution in [0.1, 0.15) is 29.8 Å². The molecule has 3 N–H and O–H groups in total. The predicted molar refractivity (Wildman–Crippen MR) is 110 cm³/mol. The van der Waals surface area contributed by atoms with Gasteiger partial charge in [0.05, 0.1) is 24.9 Å². The smallest absolute Gasteiger partial charge is 0.376 e. The van der Waals surface area contributed by atoms with Crippen LogP contribution in [0.15, 0.2) is 22.6 Å². The molecule has 1 saturated heterocycles. The molecule has 1 aliphatic heterocycles. The number of amides is 3. The van der Waals surface area contributed by atoms with Crippen molar-refractivity contribution in [2.75, 3.05) is 26.1 Å². The first kappa shape index (κ1) is 22.4. The lowest BCUT2D eigenvalue weighted by Crippen LogP contribution is -2.39. The third-order valence-corrected chi connectivity index (χ3v) is 4.99. The number of anilines is 1. The van der Waals surface area contributed by atoms with Gasteiger partial charge >= 0.3 is 12.0 Å². The molecule has 1 atom stereocenters. The van der Waals surface area contributed by atoms with Gasteiger partial charge in [-0.3, -0.25) is 4.79 Å². The van der Waals surface area contributed by atoms with Gasteiger partial charge in [0.1, 0.15) is 5.76 Å². The van der Waals surface area contributed by atoms with E-state index < -0.39 is 17.8 Å². The molecule has 0 spiro atoms. The zero-order chi connectivity index (χ0) is 22.5. The van der Waals surface area contributed by atoms with Crippen molar-refractivity contribution in [3.8, 4) is 17.1 Å². The van der Waals surface area contributed by atoms with E-state index in [0.717, 1.165) is 19.6 Å². The fraction of sp³-hybridized carbons (Fsp3) is 0.350. The molecular formula is C20H21ClFN3O6. The first-order valence-electron chi connectivity index (χ1n) is 9.42. The molecule has 2 heterocycles. The monoisotopic (exact) mass is 453 g/mol. The van der Waals surface area contributed by atoms with E-state index in [4.69, 9.17) is 25.5 Å². The minimum absolute atomic E-state index is 0.0175. The number of methoxy groups -OCH3 is 2. The highest BCUT2D eigenvalue weighted by Crippen LogP contribution is 2.37. The summed E-state index contributed by atoms with van der Waals surface area (Å²) >= 11 is 6.12. The fourth-order valence-corrected chi connectivity index (χ4v) is 3.42. The van der Waals surface area contributed by atoms with Crippen LogP contribution in [0, 0.1) is 5.82 Å². The molecule has 3 amide bonds. The Morgan fingerprint density at radius 1 is 1.29 bits per heavy atom. The Labute approximate surface area is 182 Å². The SMILES string of the molecule is COC(=O)c1oc(-c2cc(OC)c(F)cc2Cl)cc1NC(=O)N[C@@H]1CCCNC(=O)C1. The fourth-order valence-electron chi connectivity index (χ4n) is 3.18. The van der Waals surface area contributed by atoms with Crippen molar-refractivity contribution in [3.63, 3.8) is 0 Å². The van der Waals surface area contributed by atoms with Gasteiger partial charge in [0.2, 0.25) is 11.7 Å². The van der Waals surface area contributed by atoms with Gasteiger partial charge in [0.25, 0.3) is 0 Å². The molecule has 166 valence electrons. The van der Waals surface area contributed by atoms with E-state index in [9.17, 15) is 18.8 Å². The second-order valence-corrected chi connectivity index (χ2v) is 7.21. The van der Waals surface area contributed by atoms with Crippen LogP contribution >= 0.6 is 11.6 Å². The number of urea groups is 1. The number of nitrogens with one attached hydrogen (secondary N) is 3. The van der Waals surface area contributed by atoms with E-state index in [1.54, 1.807) is 0 Å². The van der Waals surface area contributed by atoms with Gasteiger partial charge in [-0.25, -0.2) is 14.0 Å². The first-order chi connectivity index (χ1) is 14.8. The Balaban J connectivity index is 1.86. The number of halogens is 2. The molecule has 11 heteroatoms. The molecule has 1 aromatic carbocycles. The van der Waals surface area contributed by atoms with E-state index in [-0.39, 0.29) is 51.9 Å². The summed E-state index contributed by atoms with van der Waals surface area (Å²) in [7, 11) is 2.45. The molecule has 31 heavy (non-hydrogen) atoms. The van der Waals surface area contributed by atoms with Crippen molar-refractivity contribution in [3.05, 3.63) is 34.8 Å². The second kappa shape index (κ2) is 9.69. The van der Waals surface area contributed by atoms with E-state index >= 15 is 0 Å². The van der Waals surface area contributed by atoms with Crippen LogP contribution in [0.2, 0.25) is 5.02 Å². The molecular weight excluding hydrogens is 433 g/mol. The van der Waals surface area contributed by atoms with Gasteiger partial charge < -0.3 is 29.8 Å². The van der Waals surface area contributed by atoms with Crippen LogP contribution in [0.25, 0.3) is 11.3 Å². The van der Waals surface area contributed by atoms with E-state index in [1.807, 2.05) is 0 Å². The molecule has 0 unspecified atom stereocenters. The Morgan fingerprint density at radius 2 is 2.06 bits per heavy atom. The molecule has 2 aromatic rings. The average molecular weight is 454 g/mol. The van der Waals surface area contributed by atoms with Crippen molar-refractivity contribution in [2.24, 2.45) is 0 Å². The quantitative estimate of drug-likeness (QED) is 0.597. The average Bonchev–Trinajstić information content (AvgIpc) is 3.02. The van der Waals surface area contributed by atoms with Gasteiger partial charge in [-0.05, 0) is 25.0 Å². The zero-order valence-corrected chi connectivity index (χ0v) is 17.6. The number of hydrogen-bond acceptors (Lipinski definition) is 6. The zero-order valence-electron chi connectivity index (χ0n) is 16.8. The Bertz CT molecular complexity index is 1010. The third kappa shape index (κ3) is 5.26. The minimum atomic E-state index is -0.833. The van der Waals surface area contributed by atoms with Gasteiger partial charge in [0, 0.05) is 30.6 Å². The highest BCUT2D eigenvalue weighted by molar-refractivity contribution is 6.33. The topological polar surface area (TPSA) is 119 Å².